The Kier molecular flexibility index (Phi) is 4.74. The monoisotopic (exact) mass is 194 g/mol. The third kappa shape index (κ3) is 3.54. The minimum atomic E-state index is 0.615. The van der Waals surface area contributed by atoms with Gasteiger partial charge in [0, 0.05) is 25.0 Å². The van der Waals surface area contributed by atoms with Crippen LogP contribution in [-0.4, -0.2) is 17.7 Å². The quantitative estimate of drug-likeness (QED) is 0.736. The summed E-state index contributed by atoms with van der Waals surface area (Å²) in [4.78, 5) is 0. The first kappa shape index (κ1) is 11.3. The molecule has 1 atom stereocenters. The van der Waals surface area contributed by atoms with Crippen LogP contribution in [0.1, 0.15) is 32.3 Å². The second kappa shape index (κ2) is 5.86. The Morgan fingerprint density at radius 2 is 2.29 bits per heavy atom. The van der Waals surface area contributed by atoms with Crippen LogP contribution in [0.4, 0.5) is 0 Å². The van der Waals surface area contributed by atoms with Crippen LogP contribution in [0.2, 0.25) is 0 Å². The molecule has 0 aliphatic rings. The smallest absolute Gasteiger partial charge is 0.0217 e. The maximum atomic E-state index is 3.26. The van der Waals surface area contributed by atoms with Gasteiger partial charge in [-0.3, -0.25) is 0 Å². The van der Waals surface area contributed by atoms with E-state index in [0.29, 0.717) is 6.04 Å². The van der Waals surface area contributed by atoms with Crippen LogP contribution in [0.5, 0.6) is 0 Å². The molecule has 1 heterocycles. The molecule has 80 valence electrons. The van der Waals surface area contributed by atoms with Gasteiger partial charge in [0.25, 0.3) is 0 Å². The van der Waals surface area contributed by atoms with Gasteiger partial charge in [0.05, 0.1) is 0 Å². The predicted molar refractivity (Wildman–Crippen MR) is 61.6 cm³/mol. The molecule has 0 amide bonds. The maximum absolute atomic E-state index is 3.26. The van der Waals surface area contributed by atoms with Crippen molar-refractivity contribution in [2.75, 3.05) is 7.05 Å². The Bertz CT molecular complexity index is 253. The molecule has 2 heteroatoms. The third-order valence-electron chi connectivity index (χ3n) is 2.65. The van der Waals surface area contributed by atoms with Gasteiger partial charge in [-0.05, 0) is 44.9 Å². The zero-order valence-electron chi connectivity index (χ0n) is 9.59. The molecule has 2 nitrogen and oxygen atoms in total. The molecule has 1 unspecified atom stereocenters. The van der Waals surface area contributed by atoms with Gasteiger partial charge in [-0.15, -0.1) is 0 Å². The van der Waals surface area contributed by atoms with E-state index in [1.807, 2.05) is 7.05 Å². The Morgan fingerprint density at radius 3 is 2.93 bits per heavy atom. The zero-order chi connectivity index (χ0) is 10.4. The molecular weight excluding hydrogens is 172 g/mol. The lowest BCUT2D eigenvalue weighted by atomic mass is 10.1. The molecule has 0 saturated heterocycles. The molecule has 1 N–H and O–H groups in total. The van der Waals surface area contributed by atoms with Crippen molar-refractivity contribution in [2.24, 2.45) is 0 Å². The fourth-order valence-corrected chi connectivity index (χ4v) is 1.56. The summed E-state index contributed by atoms with van der Waals surface area (Å²) in [7, 11) is 2.02. The van der Waals surface area contributed by atoms with E-state index in [9.17, 15) is 0 Å². The minimum Gasteiger partial charge on any atom is -0.354 e. The van der Waals surface area contributed by atoms with Crippen molar-refractivity contribution in [1.29, 1.82) is 0 Å². The zero-order valence-corrected chi connectivity index (χ0v) is 9.59. The molecule has 0 bridgehead atoms. The second-order valence-electron chi connectivity index (χ2n) is 3.99. The van der Waals surface area contributed by atoms with Crippen LogP contribution in [0.15, 0.2) is 18.5 Å². The van der Waals surface area contributed by atoms with Gasteiger partial charge in [-0.2, -0.15) is 0 Å². The highest BCUT2D eigenvalue weighted by Gasteiger charge is 2.00. The van der Waals surface area contributed by atoms with Gasteiger partial charge in [-0.25, -0.2) is 0 Å². The molecule has 0 radical (unpaired) electrons. The molecule has 0 fully saturated rings. The average molecular weight is 194 g/mol. The molecule has 0 spiro atoms. The number of hydrogen-bond acceptors (Lipinski definition) is 1. The average Bonchev–Trinajstić information content (AvgIpc) is 2.63. The van der Waals surface area contributed by atoms with Crippen LogP contribution in [0.25, 0.3) is 0 Å². The largest absolute Gasteiger partial charge is 0.354 e. The highest BCUT2D eigenvalue weighted by atomic mass is 14.9. The maximum Gasteiger partial charge on any atom is 0.0217 e. The van der Waals surface area contributed by atoms with Crippen molar-refractivity contribution in [3.63, 3.8) is 0 Å². The molecule has 1 aromatic heterocycles. The Morgan fingerprint density at radius 1 is 1.50 bits per heavy atom. The highest BCUT2D eigenvalue weighted by molar-refractivity contribution is 5.10. The molecule has 0 aliphatic carbocycles. The van der Waals surface area contributed by atoms with E-state index in [2.05, 4.69) is 42.2 Å². The van der Waals surface area contributed by atoms with E-state index in [1.165, 1.54) is 24.8 Å². The van der Waals surface area contributed by atoms with E-state index in [4.69, 9.17) is 0 Å². The third-order valence-corrected chi connectivity index (χ3v) is 2.65. The molecule has 0 aliphatic heterocycles. The summed E-state index contributed by atoms with van der Waals surface area (Å²) in [5, 5.41) is 3.26. The fourth-order valence-electron chi connectivity index (χ4n) is 1.56. The van der Waals surface area contributed by atoms with Gasteiger partial charge >= 0.3 is 0 Å². The van der Waals surface area contributed by atoms with Crippen molar-refractivity contribution < 1.29 is 0 Å². The summed E-state index contributed by atoms with van der Waals surface area (Å²) in [5.74, 6) is 0. The Balaban J connectivity index is 2.35. The van der Waals surface area contributed by atoms with Crippen molar-refractivity contribution >= 4 is 0 Å². The number of aryl methyl sites for hydroxylation is 2. The van der Waals surface area contributed by atoms with Crippen molar-refractivity contribution in [3.8, 4) is 0 Å². The second-order valence-corrected chi connectivity index (χ2v) is 3.99. The summed E-state index contributed by atoms with van der Waals surface area (Å²) in [5.41, 5.74) is 1.46. The topological polar surface area (TPSA) is 17.0 Å². The minimum absolute atomic E-state index is 0.615. The van der Waals surface area contributed by atoms with Crippen LogP contribution >= 0.6 is 0 Å². The first-order valence-electron chi connectivity index (χ1n) is 5.58. The van der Waals surface area contributed by atoms with Gasteiger partial charge < -0.3 is 9.88 Å². The van der Waals surface area contributed by atoms with E-state index in [-0.39, 0.29) is 0 Å². The Labute approximate surface area is 87.3 Å². The van der Waals surface area contributed by atoms with E-state index >= 15 is 0 Å². The van der Waals surface area contributed by atoms with E-state index < -0.39 is 0 Å². The van der Waals surface area contributed by atoms with E-state index in [1.54, 1.807) is 0 Å². The fraction of sp³-hybridized carbons (Fsp3) is 0.667. The number of aromatic nitrogens is 1. The highest BCUT2D eigenvalue weighted by Crippen LogP contribution is 2.06. The molecular formula is C12H22N2. The van der Waals surface area contributed by atoms with Crippen LogP contribution in [-0.2, 0) is 13.0 Å². The van der Waals surface area contributed by atoms with Crippen molar-refractivity contribution in [3.05, 3.63) is 24.0 Å². The Hall–Kier alpha value is -0.760. The lowest BCUT2D eigenvalue weighted by Crippen LogP contribution is -2.21. The number of rotatable bonds is 6. The molecule has 1 aromatic rings. The normalized spacial score (nSPS) is 13.1. The lowest BCUT2D eigenvalue weighted by molar-refractivity contribution is 0.564. The first-order chi connectivity index (χ1) is 6.76. The summed E-state index contributed by atoms with van der Waals surface area (Å²) < 4.78 is 2.28. The number of nitrogens with zero attached hydrogens (tertiary/aromatic N) is 1. The van der Waals surface area contributed by atoms with E-state index in [0.717, 1.165) is 6.54 Å². The van der Waals surface area contributed by atoms with Crippen LogP contribution < -0.4 is 5.32 Å². The molecule has 1 rings (SSSR count). The van der Waals surface area contributed by atoms with Crippen molar-refractivity contribution in [1.82, 2.24) is 9.88 Å². The summed E-state index contributed by atoms with van der Waals surface area (Å²) in [6.45, 7) is 5.58. The summed E-state index contributed by atoms with van der Waals surface area (Å²) in [6.07, 6.45) is 8.06. The lowest BCUT2D eigenvalue weighted by Gasteiger charge is -2.08. The number of nitrogens with one attached hydrogen (secondary N) is 1. The van der Waals surface area contributed by atoms with Crippen LogP contribution in [0.3, 0.4) is 0 Å². The van der Waals surface area contributed by atoms with Gasteiger partial charge in [0.1, 0.15) is 0 Å². The molecule has 14 heavy (non-hydrogen) atoms. The van der Waals surface area contributed by atoms with Crippen molar-refractivity contribution in [2.45, 2.75) is 45.7 Å². The number of hydrogen-bond donors (Lipinski definition) is 1. The first-order valence-corrected chi connectivity index (χ1v) is 5.58. The summed E-state index contributed by atoms with van der Waals surface area (Å²) in [6, 6.07) is 2.85. The standard InChI is InChI=1S/C12H22N2/c1-4-8-14-9-7-12(10-14)6-5-11(2)13-3/h7,9-11,13H,4-6,8H2,1-3H3. The van der Waals surface area contributed by atoms with Gasteiger partial charge in [0.15, 0.2) is 0 Å². The molecule has 0 aromatic carbocycles. The predicted octanol–water partition coefficient (Wildman–Crippen LogP) is 2.44. The van der Waals surface area contributed by atoms with Crippen LogP contribution in [0, 0.1) is 0 Å². The SMILES string of the molecule is CCCn1ccc(CCC(C)NC)c1. The van der Waals surface area contributed by atoms with Gasteiger partial charge in [0.2, 0.25) is 0 Å². The molecule has 0 saturated carbocycles. The van der Waals surface area contributed by atoms with Gasteiger partial charge in [-0.1, -0.05) is 6.92 Å². The summed E-state index contributed by atoms with van der Waals surface area (Å²) >= 11 is 0.